The second kappa shape index (κ2) is 11.5. The molecule has 0 radical (unpaired) electrons. The molecule has 5 rings (SSSR count). The number of hydrogen-bond acceptors (Lipinski definition) is 7. The second-order valence-electron chi connectivity index (χ2n) is 10.1. The summed E-state index contributed by atoms with van der Waals surface area (Å²) in [6, 6.07) is 8.29. The van der Waals surface area contributed by atoms with E-state index in [4.69, 9.17) is 9.47 Å². The van der Waals surface area contributed by atoms with Crippen LogP contribution in [-0.4, -0.2) is 55.5 Å². The zero-order chi connectivity index (χ0) is 24.9. The number of pyridine rings is 1. The quantitative estimate of drug-likeness (QED) is 0.422. The molecule has 9 heteroatoms. The van der Waals surface area contributed by atoms with Gasteiger partial charge in [0.1, 0.15) is 5.75 Å². The first-order valence-electron chi connectivity index (χ1n) is 13.6. The number of rotatable bonds is 11. The van der Waals surface area contributed by atoms with E-state index in [-0.39, 0.29) is 17.7 Å². The minimum atomic E-state index is -0.0381. The van der Waals surface area contributed by atoms with Gasteiger partial charge in [-0.3, -0.25) is 9.69 Å². The summed E-state index contributed by atoms with van der Waals surface area (Å²) in [6.07, 6.45) is 8.93. The standard InChI is InChI=1S/C27H38N6O3/c1-3-8-25(26-29-30-31-33(26)18-23-11-7-14-36-23)32(21-9-5-6-10-21)17-20-15-19-16-22(35-4-2)12-13-24(19)28-27(20)34/h12-13,15-16,21,23,25H,3-11,14,17-18H2,1-2H3,(H,28,34)/t23-,25+/m0/s1. The Kier molecular flexibility index (Phi) is 7.96. The molecule has 1 saturated carbocycles. The first kappa shape index (κ1) is 24.9. The lowest BCUT2D eigenvalue weighted by Crippen LogP contribution is -2.39. The molecular formula is C27H38N6O3. The molecule has 1 aliphatic heterocycles. The van der Waals surface area contributed by atoms with Crippen molar-refractivity contribution >= 4 is 10.9 Å². The van der Waals surface area contributed by atoms with Crippen LogP contribution < -0.4 is 10.3 Å². The minimum Gasteiger partial charge on any atom is -0.494 e. The molecule has 2 aliphatic rings. The van der Waals surface area contributed by atoms with Gasteiger partial charge in [0.2, 0.25) is 0 Å². The van der Waals surface area contributed by atoms with Crippen LogP contribution in [0.4, 0.5) is 0 Å². The maximum atomic E-state index is 13.2. The van der Waals surface area contributed by atoms with Crippen LogP contribution in [0, 0.1) is 0 Å². The molecule has 0 unspecified atom stereocenters. The van der Waals surface area contributed by atoms with E-state index in [2.05, 4.69) is 32.3 Å². The summed E-state index contributed by atoms with van der Waals surface area (Å²) in [7, 11) is 0. The molecule has 3 heterocycles. The summed E-state index contributed by atoms with van der Waals surface area (Å²) < 4.78 is 13.5. The van der Waals surface area contributed by atoms with Crippen molar-refractivity contribution in [2.75, 3.05) is 13.2 Å². The van der Waals surface area contributed by atoms with E-state index in [0.29, 0.717) is 25.7 Å². The van der Waals surface area contributed by atoms with Gasteiger partial charge in [-0.25, -0.2) is 4.68 Å². The van der Waals surface area contributed by atoms with Crippen molar-refractivity contribution in [3.8, 4) is 5.75 Å². The number of H-pyrrole nitrogens is 1. The van der Waals surface area contributed by atoms with Crippen LogP contribution in [0.5, 0.6) is 5.75 Å². The molecule has 0 spiro atoms. The second-order valence-corrected chi connectivity index (χ2v) is 10.1. The van der Waals surface area contributed by atoms with Crippen LogP contribution in [0.25, 0.3) is 10.9 Å². The Hall–Kier alpha value is -2.78. The molecule has 2 fully saturated rings. The molecule has 36 heavy (non-hydrogen) atoms. The lowest BCUT2D eigenvalue weighted by molar-refractivity contribution is 0.0828. The van der Waals surface area contributed by atoms with Gasteiger partial charge in [0.25, 0.3) is 5.56 Å². The van der Waals surface area contributed by atoms with Crippen molar-refractivity contribution in [3.05, 3.63) is 46.0 Å². The lowest BCUT2D eigenvalue weighted by atomic mass is 10.0. The van der Waals surface area contributed by atoms with Crippen molar-refractivity contribution in [1.29, 1.82) is 0 Å². The van der Waals surface area contributed by atoms with E-state index in [1.165, 1.54) is 12.8 Å². The zero-order valence-electron chi connectivity index (χ0n) is 21.5. The highest BCUT2D eigenvalue weighted by atomic mass is 16.5. The molecule has 1 aliphatic carbocycles. The average molecular weight is 495 g/mol. The monoisotopic (exact) mass is 494 g/mol. The Balaban J connectivity index is 1.48. The van der Waals surface area contributed by atoms with E-state index < -0.39 is 0 Å². The van der Waals surface area contributed by atoms with Gasteiger partial charge in [-0.15, -0.1) is 5.10 Å². The number of nitrogens with zero attached hydrogens (tertiary/aromatic N) is 5. The molecule has 2 atom stereocenters. The minimum absolute atomic E-state index is 0.0381. The Labute approximate surface area is 212 Å². The molecule has 0 amide bonds. The fraction of sp³-hybridized carbons (Fsp3) is 0.630. The van der Waals surface area contributed by atoms with Crippen LogP contribution in [0.1, 0.15) is 82.6 Å². The van der Waals surface area contributed by atoms with E-state index in [0.717, 1.165) is 73.2 Å². The van der Waals surface area contributed by atoms with Crippen molar-refractivity contribution in [1.82, 2.24) is 30.1 Å². The van der Waals surface area contributed by atoms with E-state index in [1.54, 1.807) is 0 Å². The molecule has 0 bridgehead atoms. The molecular weight excluding hydrogens is 456 g/mol. The van der Waals surface area contributed by atoms with Gasteiger partial charge < -0.3 is 14.5 Å². The maximum absolute atomic E-state index is 13.2. The van der Waals surface area contributed by atoms with Gasteiger partial charge in [0.15, 0.2) is 5.82 Å². The van der Waals surface area contributed by atoms with Crippen LogP contribution in [-0.2, 0) is 17.8 Å². The number of fused-ring (bicyclic) bond motifs is 1. The summed E-state index contributed by atoms with van der Waals surface area (Å²) in [6.45, 7) is 6.83. The summed E-state index contributed by atoms with van der Waals surface area (Å²) in [5.41, 5.74) is 1.55. The third-order valence-electron chi connectivity index (χ3n) is 7.57. The van der Waals surface area contributed by atoms with Crippen LogP contribution >= 0.6 is 0 Å². The lowest BCUT2D eigenvalue weighted by Gasteiger charge is -2.35. The largest absolute Gasteiger partial charge is 0.494 e. The highest BCUT2D eigenvalue weighted by molar-refractivity contribution is 5.80. The predicted octanol–water partition coefficient (Wildman–Crippen LogP) is 4.38. The molecule has 1 N–H and O–H groups in total. The molecule has 9 nitrogen and oxygen atoms in total. The third-order valence-corrected chi connectivity index (χ3v) is 7.57. The van der Waals surface area contributed by atoms with Crippen LogP contribution in [0.15, 0.2) is 29.1 Å². The van der Waals surface area contributed by atoms with Crippen LogP contribution in [0.2, 0.25) is 0 Å². The number of ether oxygens (including phenoxy) is 2. The highest BCUT2D eigenvalue weighted by Crippen LogP contribution is 2.34. The number of aromatic amines is 1. The number of nitrogens with one attached hydrogen (secondary N) is 1. The molecule has 1 aromatic carbocycles. The van der Waals surface area contributed by atoms with E-state index >= 15 is 0 Å². The fourth-order valence-corrected chi connectivity index (χ4v) is 5.81. The Morgan fingerprint density at radius 3 is 2.81 bits per heavy atom. The fourth-order valence-electron chi connectivity index (χ4n) is 5.81. The van der Waals surface area contributed by atoms with Crippen molar-refractivity contribution < 1.29 is 9.47 Å². The van der Waals surface area contributed by atoms with Gasteiger partial charge in [0, 0.05) is 35.7 Å². The first-order chi connectivity index (χ1) is 17.7. The number of benzene rings is 1. The topological polar surface area (TPSA) is 98.2 Å². The Morgan fingerprint density at radius 1 is 1.19 bits per heavy atom. The summed E-state index contributed by atoms with van der Waals surface area (Å²) in [5.74, 6) is 1.70. The van der Waals surface area contributed by atoms with Crippen LogP contribution in [0.3, 0.4) is 0 Å². The summed E-state index contributed by atoms with van der Waals surface area (Å²) in [5, 5.41) is 13.9. The average Bonchev–Trinajstić information content (AvgIpc) is 3.66. The van der Waals surface area contributed by atoms with Gasteiger partial charge in [0.05, 0.1) is 25.3 Å². The van der Waals surface area contributed by atoms with Crippen molar-refractivity contribution in [3.63, 3.8) is 0 Å². The molecule has 3 aromatic rings. The molecule has 2 aromatic heterocycles. The highest BCUT2D eigenvalue weighted by Gasteiger charge is 2.33. The molecule has 1 saturated heterocycles. The molecule has 194 valence electrons. The van der Waals surface area contributed by atoms with Gasteiger partial charge >= 0.3 is 0 Å². The summed E-state index contributed by atoms with van der Waals surface area (Å²) >= 11 is 0. The van der Waals surface area contributed by atoms with Crippen molar-refractivity contribution in [2.24, 2.45) is 0 Å². The van der Waals surface area contributed by atoms with Gasteiger partial charge in [-0.1, -0.05) is 26.2 Å². The smallest absolute Gasteiger partial charge is 0.252 e. The number of tetrazole rings is 1. The predicted molar refractivity (Wildman–Crippen MR) is 138 cm³/mol. The Bertz CT molecular complexity index is 1200. The summed E-state index contributed by atoms with van der Waals surface area (Å²) in [4.78, 5) is 18.8. The Morgan fingerprint density at radius 2 is 2.06 bits per heavy atom. The maximum Gasteiger partial charge on any atom is 0.252 e. The normalized spacial score (nSPS) is 19.5. The number of hydrogen-bond donors (Lipinski definition) is 1. The van der Waals surface area contributed by atoms with Gasteiger partial charge in [-0.2, -0.15) is 0 Å². The van der Waals surface area contributed by atoms with E-state index in [1.807, 2.05) is 35.9 Å². The number of aromatic nitrogens is 5. The SMILES string of the molecule is CCC[C@H](c1nnnn1C[C@@H]1CCCO1)N(Cc1cc2cc(OCC)ccc2[nH]c1=O)C1CCCC1. The van der Waals surface area contributed by atoms with E-state index in [9.17, 15) is 4.79 Å². The van der Waals surface area contributed by atoms with Gasteiger partial charge in [-0.05, 0) is 73.7 Å². The first-order valence-corrected chi connectivity index (χ1v) is 13.6. The third kappa shape index (κ3) is 5.47. The zero-order valence-corrected chi connectivity index (χ0v) is 21.5. The van der Waals surface area contributed by atoms with Crippen molar-refractivity contribution in [2.45, 2.75) is 96.5 Å².